The fourth-order valence-electron chi connectivity index (χ4n) is 0.929. The van der Waals surface area contributed by atoms with E-state index in [1.165, 1.54) is 13.2 Å². The minimum atomic E-state index is 0.0505. The molecule has 1 aromatic heterocycles. The summed E-state index contributed by atoms with van der Waals surface area (Å²) in [6.45, 7) is 0. The highest BCUT2D eigenvalue weighted by atomic mass is 17.0. The topological polar surface area (TPSA) is 55.7 Å². The number of hydrogen-bond acceptors (Lipinski definition) is 4. The Hall–Kier alpha value is -1.58. The van der Waals surface area contributed by atoms with Gasteiger partial charge in [0.15, 0.2) is 5.75 Å². The molecule has 0 saturated carbocycles. The molecule has 0 fully saturated rings. The van der Waals surface area contributed by atoms with Gasteiger partial charge in [-0.1, -0.05) is 0 Å². The van der Waals surface area contributed by atoms with E-state index in [4.69, 9.17) is 4.74 Å². The van der Waals surface area contributed by atoms with Crippen molar-refractivity contribution < 1.29 is 19.0 Å². The molecule has 0 radical (unpaired) electrons. The summed E-state index contributed by atoms with van der Waals surface area (Å²) in [6.07, 6.45) is 0. The quantitative estimate of drug-likeness (QED) is 0.635. The molecule has 0 amide bonds. The molecule has 0 aliphatic heterocycles. The Balaban J connectivity index is 2.72. The number of fused-ring (bicyclic) bond motifs is 1. The standard InChI is InChI=1S/C7H6O4/c1-9-6-4(8)2-3-5-7(6)11-10-5/h2-3,8H,1H3. The van der Waals surface area contributed by atoms with Crippen LogP contribution in [0.3, 0.4) is 0 Å². The Bertz CT molecular complexity index is 371. The molecule has 0 saturated heterocycles. The third-order valence-electron chi connectivity index (χ3n) is 1.47. The minimum absolute atomic E-state index is 0.0505. The maximum absolute atomic E-state index is 9.19. The molecule has 2 rings (SSSR count). The monoisotopic (exact) mass is 154 g/mol. The van der Waals surface area contributed by atoms with E-state index in [0.717, 1.165) is 0 Å². The molecule has 0 unspecified atom stereocenters. The first-order chi connectivity index (χ1) is 5.33. The van der Waals surface area contributed by atoms with Crippen LogP contribution in [0.15, 0.2) is 21.3 Å². The molecule has 0 spiro atoms. The van der Waals surface area contributed by atoms with E-state index in [0.29, 0.717) is 16.9 Å². The van der Waals surface area contributed by atoms with Crippen molar-refractivity contribution in [2.45, 2.75) is 0 Å². The maximum Gasteiger partial charge on any atom is 0.271 e. The third-order valence-corrected chi connectivity index (χ3v) is 1.47. The van der Waals surface area contributed by atoms with Crippen molar-refractivity contribution in [2.24, 2.45) is 0 Å². The van der Waals surface area contributed by atoms with Crippen molar-refractivity contribution in [2.75, 3.05) is 7.11 Å². The Morgan fingerprint density at radius 2 is 2.18 bits per heavy atom. The number of benzene rings is 1. The minimum Gasteiger partial charge on any atom is -0.504 e. The largest absolute Gasteiger partial charge is 0.504 e. The van der Waals surface area contributed by atoms with Gasteiger partial charge in [-0.05, 0) is 12.1 Å². The van der Waals surface area contributed by atoms with E-state index >= 15 is 0 Å². The fourth-order valence-corrected chi connectivity index (χ4v) is 0.929. The molecule has 1 aromatic carbocycles. The van der Waals surface area contributed by atoms with Gasteiger partial charge in [0.2, 0.25) is 11.3 Å². The zero-order chi connectivity index (χ0) is 7.84. The first kappa shape index (κ1) is 6.15. The van der Waals surface area contributed by atoms with Crippen LogP contribution in [0.4, 0.5) is 0 Å². The van der Waals surface area contributed by atoms with Crippen molar-refractivity contribution in [3.8, 4) is 11.5 Å². The van der Waals surface area contributed by atoms with Gasteiger partial charge >= 0.3 is 0 Å². The lowest BCUT2D eigenvalue weighted by molar-refractivity contribution is 0.0560. The summed E-state index contributed by atoms with van der Waals surface area (Å²) in [5.74, 6) is 0.364. The molecular formula is C7H6O4. The summed E-state index contributed by atoms with van der Waals surface area (Å²) in [5.41, 5.74) is 1.03. The average molecular weight is 154 g/mol. The van der Waals surface area contributed by atoms with Crippen LogP contribution >= 0.6 is 0 Å². The van der Waals surface area contributed by atoms with Gasteiger partial charge in [-0.3, -0.25) is 9.15 Å². The second kappa shape index (κ2) is 1.95. The Morgan fingerprint density at radius 1 is 1.36 bits per heavy atom. The second-order valence-electron chi connectivity index (χ2n) is 2.11. The summed E-state index contributed by atoms with van der Waals surface area (Å²) in [5, 5.41) is 9.19. The number of methoxy groups -OCH3 is 1. The van der Waals surface area contributed by atoms with Gasteiger partial charge in [-0.25, -0.2) is 0 Å². The summed E-state index contributed by atoms with van der Waals surface area (Å²) in [7, 11) is 1.46. The Labute approximate surface area is 61.9 Å². The lowest BCUT2D eigenvalue weighted by Crippen LogP contribution is -1.86. The van der Waals surface area contributed by atoms with Crippen molar-refractivity contribution in [3.05, 3.63) is 12.1 Å². The molecule has 4 nitrogen and oxygen atoms in total. The summed E-state index contributed by atoms with van der Waals surface area (Å²) in [6, 6.07) is 3.09. The van der Waals surface area contributed by atoms with E-state index in [1.54, 1.807) is 6.07 Å². The van der Waals surface area contributed by atoms with Gasteiger partial charge in [-0.2, -0.15) is 0 Å². The number of phenolic OH excluding ortho intramolecular Hbond substituents is 1. The summed E-state index contributed by atoms with van der Waals surface area (Å²) in [4.78, 5) is 0. The highest BCUT2D eigenvalue weighted by Gasteiger charge is 2.14. The molecule has 0 bridgehead atoms. The number of hydrogen-bond donors (Lipinski definition) is 1. The third kappa shape index (κ3) is 0.690. The van der Waals surface area contributed by atoms with Crippen molar-refractivity contribution >= 4 is 11.2 Å². The molecule has 0 aliphatic carbocycles. The van der Waals surface area contributed by atoms with Crippen LogP contribution in [0.1, 0.15) is 0 Å². The molecular weight excluding hydrogens is 148 g/mol. The second-order valence-corrected chi connectivity index (χ2v) is 2.11. The van der Waals surface area contributed by atoms with Crippen LogP contribution in [0.25, 0.3) is 11.2 Å². The van der Waals surface area contributed by atoms with Crippen LogP contribution in [0.2, 0.25) is 0 Å². The highest BCUT2D eigenvalue weighted by Crippen LogP contribution is 2.36. The van der Waals surface area contributed by atoms with Gasteiger partial charge in [0, 0.05) is 0 Å². The molecule has 58 valence electrons. The van der Waals surface area contributed by atoms with Crippen molar-refractivity contribution in [1.82, 2.24) is 0 Å². The zero-order valence-corrected chi connectivity index (χ0v) is 5.83. The number of aromatic hydroxyl groups is 1. The van der Waals surface area contributed by atoms with Crippen molar-refractivity contribution in [3.63, 3.8) is 0 Å². The maximum atomic E-state index is 9.19. The van der Waals surface area contributed by atoms with Crippen LogP contribution in [0, 0.1) is 0 Å². The normalized spacial score (nSPS) is 10.6. The Morgan fingerprint density at radius 3 is 2.64 bits per heavy atom. The predicted octanol–water partition coefficient (Wildman–Crippen LogP) is 1.74. The van der Waals surface area contributed by atoms with Gasteiger partial charge in [0.25, 0.3) is 5.58 Å². The molecule has 11 heavy (non-hydrogen) atoms. The van der Waals surface area contributed by atoms with Crippen LogP contribution in [0.5, 0.6) is 11.5 Å². The van der Waals surface area contributed by atoms with E-state index in [9.17, 15) is 5.11 Å². The van der Waals surface area contributed by atoms with Gasteiger partial charge in [0.05, 0.1) is 7.11 Å². The first-order valence-electron chi connectivity index (χ1n) is 3.07. The predicted molar refractivity (Wildman–Crippen MR) is 36.7 cm³/mol. The summed E-state index contributed by atoms with van der Waals surface area (Å²) >= 11 is 0. The molecule has 2 aromatic rings. The molecule has 1 N–H and O–H groups in total. The van der Waals surface area contributed by atoms with E-state index < -0.39 is 0 Å². The lowest BCUT2D eigenvalue weighted by Gasteiger charge is -2.05. The average Bonchev–Trinajstić information content (AvgIpc) is 1.95. The number of rotatable bonds is 1. The van der Waals surface area contributed by atoms with E-state index in [2.05, 4.69) is 9.15 Å². The van der Waals surface area contributed by atoms with Gasteiger partial charge < -0.3 is 9.84 Å². The smallest absolute Gasteiger partial charge is 0.271 e. The van der Waals surface area contributed by atoms with Gasteiger partial charge in [-0.15, -0.1) is 0 Å². The van der Waals surface area contributed by atoms with Gasteiger partial charge in [0.1, 0.15) is 0 Å². The van der Waals surface area contributed by atoms with Crippen LogP contribution < -0.4 is 4.74 Å². The highest BCUT2D eigenvalue weighted by molar-refractivity contribution is 5.81. The first-order valence-corrected chi connectivity index (χ1v) is 3.07. The molecule has 0 aliphatic rings. The Kier molecular flexibility index (Phi) is 1.09. The fraction of sp³-hybridized carbons (Fsp3) is 0.143. The van der Waals surface area contributed by atoms with Crippen molar-refractivity contribution in [1.29, 1.82) is 0 Å². The molecule has 0 atom stereocenters. The SMILES string of the molecule is COc1c(O)ccc2ooc12. The van der Waals surface area contributed by atoms with Crippen LogP contribution in [-0.2, 0) is 0 Å². The van der Waals surface area contributed by atoms with Crippen LogP contribution in [-0.4, -0.2) is 12.2 Å². The van der Waals surface area contributed by atoms with E-state index in [1.807, 2.05) is 0 Å². The lowest BCUT2D eigenvalue weighted by atomic mass is 10.3. The summed E-state index contributed by atoms with van der Waals surface area (Å²) < 4.78 is 14.0. The zero-order valence-electron chi connectivity index (χ0n) is 5.83. The molecule has 4 heteroatoms. The number of ether oxygens (including phenoxy) is 1. The molecule has 1 heterocycles. The van der Waals surface area contributed by atoms with E-state index in [-0.39, 0.29) is 5.75 Å². The number of phenols is 1.